The van der Waals surface area contributed by atoms with E-state index in [4.69, 9.17) is 4.52 Å². The SMILES string of the molecule is Cc1[nH]cnc1CN(C)Cc1cc(-c2ccccc2)no1. The third-order valence-electron chi connectivity index (χ3n) is 3.41. The van der Waals surface area contributed by atoms with Crippen molar-refractivity contribution >= 4 is 0 Å². The van der Waals surface area contributed by atoms with Crippen molar-refractivity contribution in [3.8, 4) is 11.3 Å². The fourth-order valence-electron chi connectivity index (χ4n) is 2.26. The number of aryl methyl sites for hydroxylation is 1. The fourth-order valence-corrected chi connectivity index (χ4v) is 2.26. The Kier molecular flexibility index (Phi) is 3.83. The van der Waals surface area contributed by atoms with Gasteiger partial charge in [-0.05, 0) is 14.0 Å². The summed E-state index contributed by atoms with van der Waals surface area (Å²) in [5.41, 5.74) is 4.10. The quantitative estimate of drug-likeness (QED) is 0.781. The predicted octanol–water partition coefficient (Wildman–Crippen LogP) is 3.01. The Balaban J connectivity index is 1.66. The molecule has 0 aliphatic heterocycles. The van der Waals surface area contributed by atoms with Gasteiger partial charge in [-0.3, -0.25) is 4.90 Å². The maximum absolute atomic E-state index is 5.42. The summed E-state index contributed by atoms with van der Waals surface area (Å²) >= 11 is 0. The van der Waals surface area contributed by atoms with E-state index in [0.717, 1.165) is 35.0 Å². The van der Waals surface area contributed by atoms with Crippen molar-refractivity contribution in [3.63, 3.8) is 0 Å². The molecule has 3 rings (SSSR count). The summed E-state index contributed by atoms with van der Waals surface area (Å²) in [5, 5.41) is 4.13. The molecule has 0 aliphatic carbocycles. The van der Waals surface area contributed by atoms with Crippen molar-refractivity contribution in [1.82, 2.24) is 20.0 Å². The van der Waals surface area contributed by atoms with Crippen LogP contribution in [0.5, 0.6) is 0 Å². The van der Waals surface area contributed by atoms with E-state index in [2.05, 4.69) is 20.0 Å². The summed E-state index contributed by atoms with van der Waals surface area (Å²) in [7, 11) is 2.04. The summed E-state index contributed by atoms with van der Waals surface area (Å²) in [6.45, 7) is 3.50. The smallest absolute Gasteiger partial charge is 0.151 e. The molecule has 0 amide bonds. The van der Waals surface area contributed by atoms with Crippen LogP contribution >= 0.6 is 0 Å². The molecule has 0 saturated heterocycles. The number of nitrogens with zero attached hydrogens (tertiary/aromatic N) is 3. The highest BCUT2D eigenvalue weighted by atomic mass is 16.5. The molecule has 0 radical (unpaired) electrons. The van der Waals surface area contributed by atoms with E-state index in [1.165, 1.54) is 0 Å². The third-order valence-corrected chi connectivity index (χ3v) is 3.41. The van der Waals surface area contributed by atoms with E-state index >= 15 is 0 Å². The van der Waals surface area contributed by atoms with E-state index < -0.39 is 0 Å². The Labute approximate surface area is 123 Å². The van der Waals surface area contributed by atoms with Crippen LogP contribution in [0.25, 0.3) is 11.3 Å². The van der Waals surface area contributed by atoms with Gasteiger partial charge in [0.15, 0.2) is 5.76 Å². The summed E-state index contributed by atoms with van der Waals surface area (Å²) in [4.78, 5) is 9.55. The molecule has 0 unspecified atom stereocenters. The van der Waals surface area contributed by atoms with Gasteiger partial charge in [0.1, 0.15) is 5.69 Å². The van der Waals surface area contributed by atoms with Gasteiger partial charge in [-0.15, -0.1) is 0 Å². The van der Waals surface area contributed by atoms with Crippen molar-refractivity contribution in [2.24, 2.45) is 0 Å². The van der Waals surface area contributed by atoms with Crippen LogP contribution in [0, 0.1) is 6.92 Å². The maximum Gasteiger partial charge on any atom is 0.151 e. The Bertz CT molecular complexity index is 702. The number of aromatic nitrogens is 3. The Morgan fingerprint density at radius 3 is 2.71 bits per heavy atom. The average molecular weight is 282 g/mol. The van der Waals surface area contributed by atoms with Crippen LogP contribution < -0.4 is 0 Å². The summed E-state index contributed by atoms with van der Waals surface area (Å²) in [6.07, 6.45) is 1.72. The van der Waals surface area contributed by atoms with E-state index in [9.17, 15) is 0 Å². The molecule has 0 fully saturated rings. The first-order valence-electron chi connectivity index (χ1n) is 6.91. The van der Waals surface area contributed by atoms with E-state index in [1.807, 2.05) is 50.4 Å². The van der Waals surface area contributed by atoms with Crippen molar-refractivity contribution in [1.29, 1.82) is 0 Å². The molecule has 1 aromatic carbocycles. The van der Waals surface area contributed by atoms with Gasteiger partial charge in [0.25, 0.3) is 0 Å². The molecule has 0 bridgehead atoms. The number of rotatable bonds is 5. The molecule has 5 heteroatoms. The van der Waals surface area contributed by atoms with Gasteiger partial charge in [-0.25, -0.2) is 4.98 Å². The summed E-state index contributed by atoms with van der Waals surface area (Å²) in [5.74, 6) is 0.851. The number of nitrogens with one attached hydrogen (secondary N) is 1. The Morgan fingerprint density at radius 2 is 2.00 bits per heavy atom. The second kappa shape index (κ2) is 5.93. The minimum Gasteiger partial charge on any atom is -0.359 e. The molecule has 0 saturated carbocycles. The molecule has 1 N–H and O–H groups in total. The molecule has 108 valence electrons. The topological polar surface area (TPSA) is 58.0 Å². The van der Waals surface area contributed by atoms with Crippen LogP contribution in [-0.4, -0.2) is 27.1 Å². The van der Waals surface area contributed by atoms with Gasteiger partial charge in [0.2, 0.25) is 0 Å². The molecule has 5 nitrogen and oxygen atoms in total. The third kappa shape index (κ3) is 3.20. The highest BCUT2D eigenvalue weighted by molar-refractivity contribution is 5.58. The van der Waals surface area contributed by atoms with Crippen molar-refractivity contribution in [3.05, 3.63) is 59.9 Å². The Morgan fingerprint density at radius 1 is 1.19 bits per heavy atom. The lowest BCUT2D eigenvalue weighted by Crippen LogP contribution is -2.17. The Hall–Kier alpha value is -2.40. The normalized spacial score (nSPS) is 11.2. The molecule has 2 heterocycles. The van der Waals surface area contributed by atoms with Gasteiger partial charge >= 0.3 is 0 Å². The van der Waals surface area contributed by atoms with Gasteiger partial charge in [-0.1, -0.05) is 35.5 Å². The van der Waals surface area contributed by atoms with E-state index in [0.29, 0.717) is 6.54 Å². The average Bonchev–Trinajstić information content (AvgIpc) is 3.10. The monoisotopic (exact) mass is 282 g/mol. The largest absolute Gasteiger partial charge is 0.359 e. The van der Waals surface area contributed by atoms with E-state index in [1.54, 1.807) is 6.33 Å². The lowest BCUT2D eigenvalue weighted by molar-refractivity contribution is 0.264. The number of aromatic amines is 1. The zero-order valence-electron chi connectivity index (χ0n) is 12.2. The molecule has 3 aromatic rings. The van der Waals surface area contributed by atoms with Crippen molar-refractivity contribution < 1.29 is 4.52 Å². The molecule has 0 atom stereocenters. The van der Waals surface area contributed by atoms with Gasteiger partial charge in [0, 0.05) is 23.9 Å². The minimum absolute atomic E-state index is 0.701. The van der Waals surface area contributed by atoms with Crippen LogP contribution in [0.2, 0.25) is 0 Å². The van der Waals surface area contributed by atoms with Crippen molar-refractivity contribution in [2.45, 2.75) is 20.0 Å². The standard InChI is InChI=1S/C16H18N4O/c1-12-16(18-11-17-12)10-20(2)9-14-8-15(19-21-14)13-6-4-3-5-7-13/h3-8,11H,9-10H2,1-2H3,(H,17,18). The summed E-state index contributed by atoms with van der Waals surface area (Å²) < 4.78 is 5.42. The first kappa shape index (κ1) is 13.6. The number of H-pyrrole nitrogens is 1. The first-order valence-corrected chi connectivity index (χ1v) is 6.91. The van der Waals surface area contributed by atoms with Crippen LogP contribution in [0.1, 0.15) is 17.1 Å². The zero-order chi connectivity index (χ0) is 14.7. The lowest BCUT2D eigenvalue weighted by Gasteiger charge is -2.13. The second-order valence-corrected chi connectivity index (χ2v) is 5.19. The van der Waals surface area contributed by atoms with Crippen LogP contribution in [-0.2, 0) is 13.1 Å². The van der Waals surface area contributed by atoms with Crippen molar-refractivity contribution in [2.75, 3.05) is 7.05 Å². The first-order chi connectivity index (χ1) is 10.2. The highest BCUT2D eigenvalue weighted by Crippen LogP contribution is 2.19. The molecular formula is C16H18N4O. The number of benzene rings is 1. The van der Waals surface area contributed by atoms with Crippen LogP contribution in [0.15, 0.2) is 47.2 Å². The van der Waals surface area contributed by atoms with Gasteiger partial charge in [-0.2, -0.15) is 0 Å². The minimum atomic E-state index is 0.701. The maximum atomic E-state index is 5.42. The second-order valence-electron chi connectivity index (χ2n) is 5.19. The molecular weight excluding hydrogens is 264 g/mol. The lowest BCUT2D eigenvalue weighted by atomic mass is 10.1. The zero-order valence-corrected chi connectivity index (χ0v) is 12.2. The highest BCUT2D eigenvalue weighted by Gasteiger charge is 2.10. The summed E-state index contributed by atoms with van der Waals surface area (Å²) in [6, 6.07) is 12.0. The molecule has 2 aromatic heterocycles. The van der Waals surface area contributed by atoms with Crippen LogP contribution in [0.3, 0.4) is 0 Å². The molecule has 0 spiro atoms. The van der Waals surface area contributed by atoms with Crippen LogP contribution in [0.4, 0.5) is 0 Å². The fraction of sp³-hybridized carbons (Fsp3) is 0.250. The number of hydrogen-bond acceptors (Lipinski definition) is 4. The molecule has 21 heavy (non-hydrogen) atoms. The molecule has 0 aliphatic rings. The van der Waals surface area contributed by atoms with E-state index in [-0.39, 0.29) is 0 Å². The van der Waals surface area contributed by atoms with Gasteiger partial charge in [0.05, 0.1) is 18.6 Å². The van der Waals surface area contributed by atoms with Gasteiger partial charge < -0.3 is 9.51 Å². The number of imidazole rings is 1. The predicted molar refractivity (Wildman–Crippen MR) is 80.4 cm³/mol. The number of hydrogen-bond donors (Lipinski definition) is 1.